The van der Waals surface area contributed by atoms with Crippen molar-refractivity contribution in [2.45, 2.75) is 24.8 Å². The van der Waals surface area contributed by atoms with Gasteiger partial charge >= 0.3 is 11.9 Å². The molecule has 5 heteroatoms. The molecule has 1 aromatic rings. The van der Waals surface area contributed by atoms with Gasteiger partial charge in [0.25, 0.3) is 0 Å². The molecule has 2 rings (SSSR count). The summed E-state index contributed by atoms with van der Waals surface area (Å²) in [6.07, 6.45) is 0.466. The summed E-state index contributed by atoms with van der Waals surface area (Å²) < 4.78 is 0. The van der Waals surface area contributed by atoms with Gasteiger partial charge in [0.2, 0.25) is 0 Å². The van der Waals surface area contributed by atoms with Crippen molar-refractivity contribution in [3.05, 3.63) is 35.9 Å². The molecule has 3 N–H and O–H groups in total. The number of aliphatic carboxylic acids is 2. The molecule has 0 radical (unpaired) electrons. The Balaban J connectivity index is 2.12. The summed E-state index contributed by atoms with van der Waals surface area (Å²) in [6.45, 7) is 0.567. The maximum absolute atomic E-state index is 11.1. The van der Waals surface area contributed by atoms with Crippen molar-refractivity contribution >= 4 is 11.9 Å². The standard InChI is InChI=1S/C14H17NO4/c16-12(17)7-10-6-11(8-15-13(10)14(18)19)9-4-2-1-3-5-9/h1-5,10-11,13,15H,6-8H2,(H,16,17)(H,18,19)/t10-,11?,13+/m1/s1. The van der Waals surface area contributed by atoms with E-state index in [0.717, 1.165) is 5.56 Å². The second-order valence-corrected chi connectivity index (χ2v) is 4.93. The zero-order valence-corrected chi connectivity index (χ0v) is 10.5. The number of benzene rings is 1. The third-order valence-electron chi connectivity index (χ3n) is 3.62. The average Bonchev–Trinajstić information content (AvgIpc) is 2.38. The van der Waals surface area contributed by atoms with E-state index in [4.69, 9.17) is 10.2 Å². The van der Waals surface area contributed by atoms with Crippen LogP contribution in [0.5, 0.6) is 0 Å². The zero-order valence-electron chi connectivity index (χ0n) is 10.5. The van der Waals surface area contributed by atoms with Crippen LogP contribution in [0.1, 0.15) is 24.3 Å². The third kappa shape index (κ3) is 3.32. The van der Waals surface area contributed by atoms with Crippen LogP contribution in [0.3, 0.4) is 0 Å². The van der Waals surface area contributed by atoms with E-state index in [1.54, 1.807) is 0 Å². The fourth-order valence-electron chi connectivity index (χ4n) is 2.71. The largest absolute Gasteiger partial charge is 0.481 e. The first-order valence-corrected chi connectivity index (χ1v) is 6.31. The van der Waals surface area contributed by atoms with E-state index in [9.17, 15) is 9.59 Å². The molecule has 1 fully saturated rings. The topological polar surface area (TPSA) is 86.6 Å². The van der Waals surface area contributed by atoms with Crippen LogP contribution in [-0.4, -0.2) is 34.7 Å². The predicted molar refractivity (Wildman–Crippen MR) is 69.0 cm³/mol. The number of carbonyl (C=O) groups is 2. The van der Waals surface area contributed by atoms with Gasteiger partial charge in [-0.05, 0) is 23.8 Å². The molecule has 1 aromatic carbocycles. The fraction of sp³-hybridized carbons (Fsp3) is 0.429. The molecule has 5 nitrogen and oxygen atoms in total. The van der Waals surface area contributed by atoms with E-state index in [0.29, 0.717) is 13.0 Å². The van der Waals surface area contributed by atoms with Gasteiger partial charge in [0.15, 0.2) is 0 Å². The van der Waals surface area contributed by atoms with Crippen LogP contribution in [0.4, 0.5) is 0 Å². The van der Waals surface area contributed by atoms with Gasteiger partial charge in [0.05, 0.1) is 6.42 Å². The van der Waals surface area contributed by atoms with Crippen LogP contribution in [0.25, 0.3) is 0 Å². The number of piperidine rings is 1. The molecule has 1 unspecified atom stereocenters. The Hall–Kier alpha value is -1.88. The van der Waals surface area contributed by atoms with Gasteiger partial charge in [0, 0.05) is 6.54 Å². The second-order valence-electron chi connectivity index (χ2n) is 4.93. The minimum atomic E-state index is -0.974. The average molecular weight is 263 g/mol. The van der Waals surface area contributed by atoms with E-state index in [1.165, 1.54) is 0 Å². The van der Waals surface area contributed by atoms with Crippen LogP contribution < -0.4 is 5.32 Å². The number of carboxylic acids is 2. The first-order valence-electron chi connectivity index (χ1n) is 6.31. The normalized spacial score (nSPS) is 26.8. The lowest BCUT2D eigenvalue weighted by atomic mass is 9.79. The molecular formula is C14H17NO4. The van der Waals surface area contributed by atoms with Crippen molar-refractivity contribution in [3.8, 4) is 0 Å². The summed E-state index contributed by atoms with van der Waals surface area (Å²) in [7, 11) is 0. The summed E-state index contributed by atoms with van der Waals surface area (Å²) in [4.78, 5) is 22.0. The molecule has 1 heterocycles. The Kier molecular flexibility index (Phi) is 4.16. The summed E-state index contributed by atoms with van der Waals surface area (Å²) >= 11 is 0. The fourth-order valence-corrected chi connectivity index (χ4v) is 2.71. The van der Waals surface area contributed by atoms with Gasteiger partial charge in [-0.2, -0.15) is 0 Å². The number of nitrogens with one attached hydrogen (secondary N) is 1. The smallest absolute Gasteiger partial charge is 0.320 e. The molecule has 0 spiro atoms. The van der Waals surface area contributed by atoms with Crippen LogP contribution in [0, 0.1) is 5.92 Å². The summed E-state index contributed by atoms with van der Waals surface area (Å²) in [5, 5.41) is 21.0. The van der Waals surface area contributed by atoms with Crippen molar-refractivity contribution in [2.75, 3.05) is 6.54 Å². The number of hydrogen-bond acceptors (Lipinski definition) is 3. The number of carboxylic acid groups (broad SMARTS) is 2. The molecule has 0 bridgehead atoms. The van der Waals surface area contributed by atoms with Gasteiger partial charge in [-0.15, -0.1) is 0 Å². The maximum atomic E-state index is 11.1. The highest BCUT2D eigenvalue weighted by Gasteiger charge is 2.36. The Morgan fingerprint density at radius 3 is 2.47 bits per heavy atom. The SMILES string of the molecule is O=C(O)C[C@H]1CC(c2ccccc2)CN[C@@H]1C(=O)O. The van der Waals surface area contributed by atoms with Crippen LogP contribution in [0.2, 0.25) is 0 Å². The van der Waals surface area contributed by atoms with Crippen molar-refractivity contribution in [3.63, 3.8) is 0 Å². The number of rotatable bonds is 4. The lowest BCUT2D eigenvalue weighted by Gasteiger charge is -2.34. The molecule has 0 aliphatic carbocycles. The molecule has 3 atom stereocenters. The van der Waals surface area contributed by atoms with Gasteiger partial charge in [0.1, 0.15) is 6.04 Å². The first kappa shape index (κ1) is 13.5. The van der Waals surface area contributed by atoms with Crippen LogP contribution in [0.15, 0.2) is 30.3 Å². The summed E-state index contributed by atoms with van der Waals surface area (Å²) in [5.74, 6) is -2.14. The highest BCUT2D eigenvalue weighted by atomic mass is 16.4. The van der Waals surface area contributed by atoms with Gasteiger partial charge in [-0.3, -0.25) is 9.59 Å². The summed E-state index contributed by atoms with van der Waals surface area (Å²) in [6, 6.07) is 9.01. The van der Waals surface area contributed by atoms with Gasteiger partial charge in [-0.25, -0.2) is 0 Å². The van der Waals surface area contributed by atoms with Crippen molar-refractivity contribution in [2.24, 2.45) is 5.92 Å². The predicted octanol–water partition coefficient (Wildman–Crippen LogP) is 1.31. The Morgan fingerprint density at radius 1 is 1.21 bits per heavy atom. The Bertz CT molecular complexity index is 460. The molecule has 1 aliphatic rings. The monoisotopic (exact) mass is 263 g/mol. The molecule has 0 amide bonds. The molecule has 0 saturated carbocycles. The van der Waals surface area contributed by atoms with Crippen molar-refractivity contribution in [1.82, 2.24) is 5.32 Å². The minimum Gasteiger partial charge on any atom is -0.481 e. The molecule has 0 aromatic heterocycles. The number of hydrogen-bond donors (Lipinski definition) is 3. The minimum absolute atomic E-state index is 0.118. The van der Waals surface area contributed by atoms with E-state index in [2.05, 4.69) is 5.32 Å². The Morgan fingerprint density at radius 2 is 1.89 bits per heavy atom. The zero-order chi connectivity index (χ0) is 13.8. The molecule has 102 valence electrons. The van der Waals surface area contributed by atoms with E-state index in [-0.39, 0.29) is 18.3 Å². The van der Waals surface area contributed by atoms with E-state index >= 15 is 0 Å². The van der Waals surface area contributed by atoms with E-state index < -0.39 is 18.0 Å². The van der Waals surface area contributed by atoms with Gasteiger partial charge < -0.3 is 15.5 Å². The van der Waals surface area contributed by atoms with Crippen molar-refractivity contribution < 1.29 is 19.8 Å². The molecule has 1 saturated heterocycles. The lowest BCUT2D eigenvalue weighted by molar-refractivity contribution is -0.144. The van der Waals surface area contributed by atoms with Crippen LogP contribution >= 0.6 is 0 Å². The van der Waals surface area contributed by atoms with Gasteiger partial charge in [-0.1, -0.05) is 30.3 Å². The molecule has 1 aliphatic heterocycles. The van der Waals surface area contributed by atoms with E-state index in [1.807, 2.05) is 30.3 Å². The molecule has 19 heavy (non-hydrogen) atoms. The molecular weight excluding hydrogens is 246 g/mol. The van der Waals surface area contributed by atoms with Crippen LogP contribution in [-0.2, 0) is 9.59 Å². The first-order chi connectivity index (χ1) is 9.08. The summed E-state index contributed by atoms with van der Waals surface area (Å²) in [5.41, 5.74) is 1.12. The third-order valence-corrected chi connectivity index (χ3v) is 3.62. The maximum Gasteiger partial charge on any atom is 0.320 e. The van der Waals surface area contributed by atoms with Crippen molar-refractivity contribution in [1.29, 1.82) is 0 Å². The highest BCUT2D eigenvalue weighted by molar-refractivity contribution is 5.76. The Labute approximate surface area is 111 Å². The highest BCUT2D eigenvalue weighted by Crippen LogP contribution is 2.31. The quantitative estimate of drug-likeness (QED) is 0.762. The lowest BCUT2D eigenvalue weighted by Crippen LogP contribution is -2.49. The second kappa shape index (κ2) is 5.84.